The second-order valence-corrected chi connectivity index (χ2v) is 7.90. The van der Waals surface area contributed by atoms with E-state index in [1.165, 1.54) is 11.4 Å². The Morgan fingerprint density at radius 2 is 1.84 bits per heavy atom. The van der Waals surface area contributed by atoms with Crippen molar-refractivity contribution in [2.24, 2.45) is 5.92 Å². The summed E-state index contributed by atoms with van der Waals surface area (Å²) in [5.41, 5.74) is 0.417. The summed E-state index contributed by atoms with van der Waals surface area (Å²) in [7, 11) is -1.99. The fourth-order valence-corrected chi connectivity index (χ4v) is 4.03. The average Bonchev–Trinajstić information content (AvgIpc) is 2.61. The first-order valence-corrected chi connectivity index (χ1v) is 9.57. The number of nitrogens with one attached hydrogen (secondary N) is 1. The number of ether oxygens (including phenoxy) is 1. The number of hydrogen-bond donors (Lipinski definition) is 2. The lowest BCUT2D eigenvalue weighted by Gasteiger charge is -2.29. The van der Waals surface area contributed by atoms with Crippen molar-refractivity contribution in [1.29, 1.82) is 0 Å². The van der Waals surface area contributed by atoms with E-state index in [1.54, 1.807) is 24.3 Å². The molecule has 0 aromatic heterocycles. The molecule has 0 bridgehead atoms. The van der Waals surface area contributed by atoms with Crippen LogP contribution in [-0.2, 0) is 14.8 Å². The normalized spacial score (nSPS) is 16.4. The number of sulfonamides is 1. The Labute approximate surface area is 146 Å². The highest BCUT2D eigenvalue weighted by Crippen LogP contribution is 2.19. The molecule has 1 saturated heterocycles. The summed E-state index contributed by atoms with van der Waals surface area (Å²) in [6.07, 6.45) is 0.625. The number of carbonyl (C=O) groups is 2. The van der Waals surface area contributed by atoms with Crippen LogP contribution < -0.4 is 10.1 Å². The predicted molar refractivity (Wildman–Crippen MR) is 91.0 cm³/mol. The van der Waals surface area contributed by atoms with E-state index in [-0.39, 0.29) is 31.3 Å². The van der Waals surface area contributed by atoms with Crippen LogP contribution in [-0.4, -0.2) is 62.2 Å². The molecule has 1 aromatic carbocycles. The van der Waals surface area contributed by atoms with Crippen molar-refractivity contribution in [3.05, 3.63) is 29.8 Å². The molecule has 0 spiro atoms. The molecule has 0 unspecified atom stereocenters. The van der Waals surface area contributed by atoms with Crippen LogP contribution in [0.2, 0.25) is 0 Å². The third-order valence-electron chi connectivity index (χ3n) is 4.19. The Kier molecular flexibility index (Phi) is 6.38. The fraction of sp³-hybridized carbons (Fsp3) is 0.500. The minimum Gasteiger partial charge on any atom is -0.497 e. The van der Waals surface area contributed by atoms with Gasteiger partial charge in [-0.1, -0.05) is 0 Å². The van der Waals surface area contributed by atoms with Crippen molar-refractivity contribution in [3.8, 4) is 5.75 Å². The van der Waals surface area contributed by atoms with Crippen LogP contribution in [0.15, 0.2) is 24.3 Å². The molecule has 1 aromatic rings. The number of nitrogens with zero attached hydrogens (tertiary/aromatic N) is 1. The number of benzene rings is 1. The Bertz CT molecular complexity index is 709. The lowest BCUT2D eigenvalue weighted by atomic mass is 9.99. The number of rotatable bonds is 7. The lowest BCUT2D eigenvalue weighted by molar-refractivity contribution is -0.142. The SMILES string of the molecule is COc1ccc(C(=O)NCCS(=O)(=O)N2CCC(C(=O)O)CC2)cc1. The van der Waals surface area contributed by atoms with Crippen molar-refractivity contribution in [2.45, 2.75) is 12.8 Å². The summed E-state index contributed by atoms with van der Waals surface area (Å²) in [5, 5.41) is 11.5. The van der Waals surface area contributed by atoms with Gasteiger partial charge in [-0.2, -0.15) is 0 Å². The van der Waals surface area contributed by atoms with E-state index in [4.69, 9.17) is 9.84 Å². The molecule has 2 N–H and O–H groups in total. The highest BCUT2D eigenvalue weighted by molar-refractivity contribution is 7.89. The van der Waals surface area contributed by atoms with Gasteiger partial charge in [-0.25, -0.2) is 12.7 Å². The van der Waals surface area contributed by atoms with Crippen LogP contribution >= 0.6 is 0 Å². The van der Waals surface area contributed by atoms with Gasteiger partial charge in [0.1, 0.15) is 5.75 Å². The Morgan fingerprint density at radius 3 is 2.36 bits per heavy atom. The van der Waals surface area contributed by atoms with Crippen molar-refractivity contribution in [2.75, 3.05) is 32.5 Å². The van der Waals surface area contributed by atoms with Crippen molar-refractivity contribution in [3.63, 3.8) is 0 Å². The second-order valence-electron chi connectivity index (χ2n) is 5.81. The number of carbonyl (C=O) groups excluding carboxylic acids is 1. The van der Waals surface area contributed by atoms with Crippen LogP contribution in [0.4, 0.5) is 0 Å². The molecule has 138 valence electrons. The van der Waals surface area contributed by atoms with Gasteiger partial charge in [-0.15, -0.1) is 0 Å². The van der Waals surface area contributed by atoms with Crippen LogP contribution in [0.5, 0.6) is 5.75 Å². The maximum Gasteiger partial charge on any atom is 0.306 e. The van der Waals surface area contributed by atoms with Gasteiger partial charge in [0.2, 0.25) is 10.0 Å². The maximum atomic E-state index is 12.3. The number of methoxy groups -OCH3 is 1. The fourth-order valence-electron chi connectivity index (χ4n) is 2.65. The minimum atomic E-state index is -3.52. The topological polar surface area (TPSA) is 113 Å². The number of piperidine rings is 1. The predicted octanol–water partition coefficient (Wildman–Crippen LogP) is 0.551. The first kappa shape index (κ1) is 19.2. The van der Waals surface area contributed by atoms with Crippen LogP contribution in [0.3, 0.4) is 0 Å². The zero-order chi connectivity index (χ0) is 18.4. The summed E-state index contributed by atoms with van der Waals surface area (Å²) < 4.78 is 30.9. The number of carboxylic acid groups (broad SMARTS) is 1. The smallest absolute Gasteiger partial charge is 0.306 e. The second kappa shape index (κ2) is 8.30. The van der Waals surface area contributed by atoms with E-state index >= 15 is 0 Å². The number of amides is 1. The molecule has 1 fully saturated rings. The van der Waals surface area contributed by atoms with E-state index in [0.717, 1.165) is 0 Å². The lowest BCUT2D eigenvalue weighted by Crippen LogP contribution is -2.43. The molecule has 1 amide bonds. The molecule has 1 aliphatic rings. The first-order chi connectivity index (χ1) is 11.8. The molecular weight excluding hydrogens is 348 g/mol. The standard InChI is InChI=1S/C16H22N2O6S/c1-24-14-4-2-12(3-5-14)15(19)17-8-11-25(22,23)18-9-6-13(7-10-18)16(20)21/h2-5,13H,6-11H2,1H3,(H,17,19)(H,20,21). The van der Waals surface area contributed by atoms with E-state index in [2.05, 4.69) is 5.32 Å². The van der Waals surface area contributed by atoms with Gasteiger partial charge >= 0.3 is 5.97 Å². The minimum absolute atomic E-state index is 0.00788. The summed E-state index contributed by atoms with van der Waals surface area (Å²) >= 11 is 0. The average molecular weight is 370 g/mol. The van der Waals surface area contributed by atoms with Gasteiger partial charge in [0.05, 0.1) is 18.8 Å². The maximum absolute atomic E-state index is 12.3. The summed E-state index contributed by atoms with van der Waals surface area (Å²) in [4.78, 5) is 22.9. The van der Waals surface area contributed by atoms with Gasteiger partial charge in [-0.05, 0) is 37.1 Å². The molecule has 1 heterocycles. The molecule has 0 radical (unpaired) electrons. The molecule has 25 heavy (non-hydrogen) atoms. The zero-order valence-corrected chi connectivity index (χ0v) is 14.8. The van der Waals surface area contributed by atoms with Crippen LogP contribution in [0, 0.1) is 5.92 Å². The Balaban J connectivity index is 1.81. The van der Waals surface area contributed by atoms with Crippen molar-refractivity contribution in [1.82, 2.24) is 9.62 Å². The highest BCUT2D eigenvalue weighted by Gasteiger charge is 2.30. The molecule has 8 nitrogen and oxygen atoms in total. The van der Waals surface area contributed by atoms with E-state index in [9.17, 15) is 18.0 Å². The molecular formula is C16H22N2O6S. The molecule has 0 atom stereocenters. The van der Waals surface area contributed by atoms with Gasteiger partial charge in [-0.3, -0.25) is 9.59 Å². The molecule has 0 saturated carbocycles. The zero-order valence-electron chi connectivity index (χ0n) is 14.0. The van der Waals surface area contributed by atoms with Crippen molar-refractivity contribution < 1.29 is 27.9 Å². The summed E-state index contributed by atoms with van der Waals surface area (Å²) in [5.74, 6) is -1.32. The Morgan fingerprint density at radius 1 is 1.24 bits per heavy atom. The summed E-state index contributed by atoms with van der Waals surface area (Å²) in [6.45, 7) is 0.392. The monoisotopic (exact) mass is 370 g/mol. The number of aliphatic carboxylic acids is 1. The largest absolute Gasteiger partial charge is 0.497 e. The van der Waals surface area contributed by atoms with Gasteiger partial charge in [0.15, 0.2) is 0 Å². The molecule has 2 rings (SSSR count). The summed E-state index contributed by atoms with van der Waals surface area (Å²) in [6, 6.07) is 6.50. The first-order valence-electron chi connectivity index (χ1n) is 7.96. The quantitative estimate of drug-likeness (QED) is 0.725. The van der Waals surface area contributed by atoms with E-state index in [1.807, 2.05) is 0 Å². The van der Waals surface area contributed by atoms with E-state index < -0.39 is 21.9 Å². The van der Waals surface area contributed by atoms with Gasteiger partial charge in [0, 0.05) is 25.2 Å². The Hall–Kier alpha value is -2.13. The van der Waals surface area contributed by atoms with Gasteiger partial charge in [0.25, 0.3) is 5.91 Å². The molecule has 9 heteroatoms. The third kappa shape index (κ3) is 5.17. The van der Waals surface area contributed by atoms with E-state index in [0.29, 0.717) is 24.2 Å². The number of carboxylic acids is 1. The molecule has 1 aliphatic heterocycles. The number of hydrogen-bond acceptors (Lipinski definition) is 5. The third-order valence-corrected chi connectivity index (χ3v) is 6.07. The van der Waals surface area contributed by atoms with Crippen LogP contribution in [0.25, 0.3) is 0 Å². The van der Waals surface area contributed by atoms with Crippen LogP contribution in [0.1, 0.15) is 23.2 Å². The van der Waals surface area contributed by atoms with Crippen molar-refractivity contribution >= 4 is 21.9 Å². The van der Waals surface area contributed by atoms with Gasteiger partial charge < -0.3 is 15.2 Å². The molecule has 0 aliphatic carbocycles. The highest BCUT2D eigenvalue weighted by atomic mass is 32.2.